The second-order valence-electron chi connectivity index (χ2n) is 3.78. The fourth-order valence-electron chi connectivity index (χ4n) is 1.58. The summed E-state index contributed by atoms with van der Waals surface area (Å²) in [4.78, 5) is 11.6. The Labute approximate surface area is 97.6 Å². The normalized spacial score (nSPS) is 13.4. The van der Waals surface area contributed by atoms with Crippen molar-refractivity contribution in [3.05, 3.63) is 35.9 Å². The fourth-order valence-corrected chi connectivity index (χ4v) is 1.58. The molecule has 0 aliphatic heterocycles. The van der Waals surface area contributed by atoms with Crippen LogP contribution in [0.3, 0.4) is 0 Å². The van der Waals surface area contributed by atoms with E-state index in [0.717, 1.165) is 0 Å². The number of nitrogens with two attached hydrogens (primary N) is 1. The number of hydrogen-bond donors (Lipinski definition) is 1. The third-order valence-corrected chi connectivity index (χ3v) is 2.48. The van der Waals surface area contributed by atoms with Crippen LogP contribution in [0.1, 0.15) is 24.3 Å². The van der Waals surface area contributed by atoms with Crippen molar-refractivity contribution < 1.29 is 18.0 Å². The highest BCUT2D eigenvalue weighted by atomic mass is 19.4. The molecule has 0 radical (unpaired) electrons. The van der Waals surface area contributed by atoms with E-state index < -0.39 is 30.7 Å². The van der Waals surface area contributed by atoms with Crippen LogP contribution < -0.4 is 5.73 Å². The Bertz CT molecular complexity index is 362. The van der Waals surface area contributed by atoms with Gasteiger partial charge in [-0.25, -0.2) is 0 Å². The molecule has 1 aromatic rings. The lowest BCUT2D eigenvalue weighted by atomic mass is 9.92. The van der Waals surface area contributed by atoms with Crippen LogP contribution >= 0.6 is 0 Å². The molecule has 0 bridgehead atoms. The second kappa shape index (κ2) is 5.82. The Balaban J connectivity index is 2.66. The number of halogens is 3. The van der Waals surface area contributed by atoms with Crippen molar-refractivity contribution in [2.75, 3.05) is 6.54 Å². The quantitative estimate of drug-likeness (QED) is 0.866. The SMILES string of the molecule is NCC(C(=O)CCC(F)(F)F)c1ccccc1. The third-order valence-electron chi connectivity index (χ3n) is 2.48. The zero-order valence-electron chi connectivity index (χ0n) is 9.20. The summed E-state index contributed by atoms with van der Waals surface area (Å²) in [5, 5.41) is 0. The number of Topliss-reactive ketones (excluding diaryl/α,β-unsaturated/α-hetero) is 1. The van der Waals surface area contributed by atoms with Gasteiger partial charge >= 0.3 is 6.18 Å². The van der Waals surface area contributed by atoms with Crippen LogP contribution in [0.25, 0.3) is 0 Å². The summed E-state index contributed by atoms with van der Waals surface area (Å²) in [5.74, 6) is -1.10. The van der Waals surface area contributed by atoms with E-state index in [1.165, 1.54) is 0 Å². The van der Waals surface area contributed by atoms with Gasteiger partial charge in [-0.15, -0.1) is 0 Å². The van der Waals surface area contributed by atoms with E-state index in [0.29, 0.717) is 5.56 Å². The van der Waals surface area contributed by atoms with Crippen molar-refractivity contribution in [1.82, 2.24) is 0 Å². The standard InChI is InChI=1S/C12H14F3NO/c13-12(14,15)7-6-11(17)10(8-16)9-4-2-1-3-5-9/h1-5,10H,6-8,16H2. The maximum atomic E-state index is 12.0. The molecular weight excluding hydrogens is 231 g/mol. The molecule has 0 aromatic heterocycles. The van der Waals surface area contributed by atoms with Gasteiger partial charge in [0, 0.05) is 13.0 Å². The van der Waals surface area contributed by atoms with E-state index in [2.05, 4.69) is 0 Å². The van der Waals surface area contributed by atoms with Gasteiger partial charge in [-0.2, -0.15) is 13.2 Å². The number of benzene rings is 1. The van der Waals surface area contributed by atoms with Gasteiger partial charge in [0.05, 0.1) is 12.3 Å². The molecule has 0 spiro atoms. The minimum absolute atomic E-state index is 0.0285. The average molecular weight is 245 g/mol. The minimum atomic E-state index is -4.30. The first-order chi connectivity index (χ1) is 7.94. The van der Waals surface area contributed by atoms with E-state index in [1.54, 1.807) is 30.3 Å². The molecule has 0 fully saturated rings. The van der Waals surface area contributed by atoms with Gasteiger partial charge in [-0.3, -0.25) is 4.79 Å². The predicted octanol–water partition coefficient (Wildman–Crippen LogP) is 2.64. The number of ketones is 1. The van der Waals surface area contributed by atoms with Crippen LogP contribution in [0.2, 0.25) is 0 Å². The highest BCUT2D eigenvalue weighted by Crippen LogP contribution is 2.24. The number of carbonyl (C=O) groups excluding carboxylic acids is 1. The number of hydrogen-bond acceptors (Lipinski definition) is 2. The summed E-state index contributed by atoms with van der Waals surface area (Å²) in [6, 6.07) is 8.63. The average Bonchev–Trinajstić information content (AvgIpc) is 2.28. The molecule has 0 aliphatic rings. The minimum Gasteiger partial charge on any atom is -0.329 e. The molecule has 0 saturated heterocycles. The van der Waals surface area contributed by atoms with Crippen LogP contribution in [0, 0.1) is 0 Å². The zero-order valence-corrected chi connectivity index (χ0v) is 9.20. The van der Waals surface area contributed by atoms with Gasteiger partial charge in [0.15, 0.2) is 0 Å². The molecule has 2 N–H and O–H groups in total. The first kappa shape index (κ1) is 13.7. The van der Waals surface area contributed by atoms with Crippen molar-refractivity contribution in [2.45, 2.75) is 24.9 Å². The molecule has 1 unspecified atom stereocenters. The monoisotopic (exact) mass is 245 g/mol. The first-order valence-electron chi connectivity index (χ1n) is 5.28. The molecule has 2 nitrogen and oxygen atoms in total. The van der Waals surface area contributed by atoms with Gasteiger partial charge in [0.25, 0.3) is 0 Å². The lowest BCUT2D eigenvalue weighted by Crippen LogP contribution is -2.23. The van der Waals surface area contributed by atoms with E-state index in [-0.39, 0.29) is 6.54 Å². The lowest BCUT2D eigenvalue weighted by molar-refractivity contribution is -0.143. The van der Waals surface area contributed by atoms with Gasteiger partial charge in [-0.1, -0.05) is 30.3 Å². The second-order valence-corrected chi connectivity index (χ2v) is 3.78. The van der Waals surface area contributed by atoms with Crippen LogP contribution in [0.15, 0.2) is 30.3 Å². The van der Waals surface area contributed by atoms with Crippen molar-refractivity contribution in [1.29, 1.82) is 0 Å². The molecule has 1 aromatic carbocycles. The Morgan fingerprint density at radius 3 is 2.29 bits per heavy atom. The molecule has 1 atom stereocenters. The molecular formula is C12H14F3NO. The van der Waals surface area contributed by atoms with Crippen molar-refractivity contribution in [3.63, 3.8) is 0 Å². The van der Waals surface area contributed by atoms with Crippen LogP contribution in [-0.4, -0.2) is 18.5 Å². The summed E-state index contributed by atoms with van der Waals surface area (Å²) >= 11 is 0. The Kier molecular flexibility index (Phi) is 4.69. The van der Waals surface area contributed by atoms with Crippen molar-refractivity contribution in [3.8, 4) is 0 Å². The lowest BCUT2D eigenvalue weighted by Gasteiger charge is -2.14. The maximum absolute atomic E-state index is 12.0. The predicted molar refractivity (Wildman–Crippen MR) is 58.5 cm³/mol. The maximum Gasteiger partial charge on any atom is 0.389 e. The van der Waals surface area contributed by atoms with Gasteiger partial charge in [-0.05, 0) is 5.56 Å². The summed E-state index contributed by atoms with van der Waals surface area (Å²) in [7, 11) is 0. The molecule has 0 heterocycles. The summed E-state index contributed by atoms with van der Waals surface area (Å²) in [6.07, 6.45) is -5.90. The smallest absolute Gasteiger partial charge is 0.329 e. The van der Waals surface area contributed by atoms with Crippen molar-refractivity contribution >= 4 is 5.78 Å². The Morgan fingerprint density at radius 1 is 1.24 bits per heavy atom. The Morgan fingerprint density at radius 2 is 1.82 bits per heavy atom. The number of rotatable bonds is 5. The highest BCUT2D eigenvalue weighted by molar-refractivity contribution is 5.86. The molecule has 0 saturated carbocycles. The molecule has 5 heteroatoms. The van der Waals surface area contributed by atoms with Crippen LogP contribution in [0.4, 0.5) is 13.2 Å². The van der Waals surface area contributed by atoms with Gasteiger partial charge < -0.3 is 5.73 Å². The third kappa shape index (κ3) is 4.56. The van der Waals surface area contributed by atoms with Gasteiger partial charge in [0.2, 0.25) is 0 Å². The summed E-state index contributed by atoms with van der Waals surface area (Å²) in [6.45, 7) is 0.0285. The number of carbonyl (C=O) groups is 1. The van der Waals surface area contributed by atoms with Crippen LogP contribution in [0.5, 0.6) is 0 Å². The van der Waals surface area contributed by atoms with E-state index in [1.807, 2.05) is 0 Å². The fraction of sp³-hybridized carbons (Fsp3) is 0.417. The van der Waals surface area contributed by atoms with E-state index in [4.69, 9.17) is 5.73 Å². The molecule has 1 rings (SSSR count). The topological polar surface area (TPSA) is 43.1 Å². The summed E-state index contributed by atoms with van der Waals surface area (Å²) in [5.41, 5.74) is 6.11. The molecule has 17 heavy (non-hydrogen) atoms. The largest absolute Gasteiger partial charge is 0.389 e. The first-order valence-corrected chi connectivity index (χ1v) is 5.28. The van der Waals surface area contributed by atoms with E-state index in [9.17, 15) is 18.0 Å². The van der Waals surface area contributed by atoms with E-state index >= 15 is 0 Å². The zero-order chi connectivity index (χ0) is 12.9. The Hall–Kier alpha value is -1.36. The summed E-state index contributed by atoms with van der Waals surface area (Å²) < 4.78 is 36.0. The van der Waals surface area contributed by atoms with Gasteiger partial charge in [0.1, 0.15) is 5.78 Å². The molecule has 94 valence electrons. The molecule has 0 aliphatic carbocycles. The van der Waals surface area contributed by atoms with Crippen LogP contribution in [-0.2, 0) is 4.79 Å². The molecule has 0 amide bonds. The highest BCUT2D eigenvalue weighted by Gasteiger charge is 2.29. The van der Waals surface area contributed by atoms with Crippen molar-refractivity contribution in [2.24, 2.45) is 5.73 Å². The number of alkyl halides is 3.